The van der Waals surface area contributed by atoms with Gasteiger partial charge in [-0.15, -0.1) is 0 Å². The quantitative estimate of drug-likeness (QED) is 0.598. The van der Waals surface area contributed by atoms with Gasteiger partial charge in [-0.1, -0.05) is 29.8 Å². The molecule has 2 aromatic rings. The second-order valence-electron chi connectivity index (χ2n) is 6.34. The van der Waals surface area contributed by atoms with E-state index in [1.165, 1.54) is 6.92 Å². The van der Waals surface area contributed by atoms with Crippen LogP contribution in [-0.4, -0.2) is 30.9 Å². The lowest BCUT2D eigenvalue weighted by Crippen LogP contribution is -2.32. The average Bonchev–Trinajstić information content (AvgIpc) is 2.62. The van der Waals surface area contributed by atoms with Gasteiger partial charge in [-0.3, -0.25) is 9.59 Å². The fraction of sp³-hybridized carbons (Fsp3) is 0.286. The number of anilines is 1. The molecule has 1 N–H and O–H groups in total. The van der Waals surface area contributed by atoms with Gasteiger partial charge in [-0.25, -0.2) is 4.79 Å². The highest BCUT2D eigenvalue weighted by atomic mass is 16.6. The summed E-state index contributed by atoms with van der Waals surface area (Å²) in [4.78, 5) is 35.2. The average molecular weight is 369 g/mol. The largest absolute Gasteiger partial charge is 0.481 e. The summed E-state index contributed by atoms with van der Waals surface area (Å²) in [5.41, 5.74) is 4.03. The molecule has 6 heteroatoms. The molecule has 0 aromatic heterocycles. The fourth-order valence-electron chi connectivity index (χ4n) is 2.73. The summed E-state index contributed by atoms with van der Waals surface area (Å²) < 4.78 is 10.4. The summed E-state index contributed by atoms with van der Waals surface area (Å²) in [5, 5.41) is 2.80. The molecule has 6 nitrogen and oxygen atoms in total. The Kier molecular flexibility index (Phi) is 6.71. The van der Waals surface area contributed by atoms with Crippen LogP contribution < -0.4 is 10.1 Å². The van der Waals surface area contributed by atoms with Crippen LogP contribution in [0.5, 0.6) is 5.75 Å². The molecule has 0 aliphatic heterocycles. The van der Waals surface area contributed by atoms with E-state index in [2.05, 4.69) is 5.32 Å². The molecule has 0 spiro atoms. The van der Waals surface area contributed by atoms with Crippen molar-refractivity contribution in [3.8, 4) is 5.75 Å². The van der Waals surface area contributed by atoms with Crippen LogP contribution in [0.4, 0.5) is 5.69 Å². The molecular weight excluding hydrogens is 346 g/mol. The Morgan fingerprint density at radius 3 is 2.37 bits per heavy atom. The summed E-state index contributed by atoms with van der Waals surface area (Å²) in [6.07, 6.45) is -0.342. The van der Waals surface area contributed by atoms with E-state index < -0.39 is 24.6 Å². The van der Waals surface area contributed by atoms with Crippen LogP contribution in [0, 0.1) is 20.8 Å². The Morgan fingerprint density at radius 2 is 1.74 bits per heavy atom. The lowest BCUT2D eigenvalue weighted by atomic mass is 10.0. The Morgan fingerprint density at radius 1 is 1.11 bits per heavy atom. The van der Waals surface area contributed by atoms with Crippen molar-refractivity contribution in [1.82, 2.24) is 0 Å². The molecule has 0 unspecified atom stereocenters. The van der Waals surface area contributed by atoms with Gasteiger partial charge in [0.15, 0.2) is 19.0 Å². The maximum absolute atomic E-state index is 12.3. The number of ether oxygens (including phenoxy) is 2. The summed E-state index contributed by atoms with van der Waals surface area (Å²) in [6, 6.07) is 10.5. The second kappa shape index (κ2) is 8.98. The minimum atomic E-state index is -0.984. The number of para-hydroxylation sites is 1. The number of amides is 1. The highest BCUT2D eigenvalue weighted by Crippen LogP contribution is 2.22. The number of aryl methyl sites for hydroxylation is 3. The van der Waals surface area contributed by atoms with Crippen molar-refractivity contribution >= 4 is 23.9 Å². The highest BCUT2D eigenvalue weighted by molar-refractivity contribution is 5.96. The van der Waals surface area contributed by atoms with Crippen molar-refractivity contribution in [1.29, 1.82) is 0 Å². The number of rotatable bonds is 7. The molecule has 0 aliphatic carbocycles. The van der Waals surface area contributed by atoms with Crippen molar-refractivity contribution in [2.45, 2.75) is 33.8 Å². The van der Waals surface area contributed by atoms with Crippen molar-refractivity contribution in [2.75, 3.05) is 11.9 Å². The standard InChI is InChI=1S/C21H23NO5/c1-13-9-14(2)20(15(3)10-13)22-21(25)16(4)27-19(24)12-26-18-8-6-5-7-17(18)11-23/h5-11,16H,12H2,1-4H3,(H,22,25)/t16-/m0/s1. The number of benzene rings is 2. The molecule has 2 rings (SSSR count). The van der Waals surface area contributed by atoms with Gasteiger partial charge in [0.1, 0.15) is 5.75 Å². The Balaban J connectivity index is 1.92. The first-order valence-corrected chi connectivity index (χ1v) is 8.57. The zero-order valence-corrected chi connectivity index (χ0v) is 15.9. The number of esters is 1. The van der Waals surface area contributed by atoms with E-state index in [1.807, 2.05) is 32.9 Å². The van der Waals surface area contributed by atoms with Gasteiger partial charge in [0, 0.05) is 5.69 Å². The van der Waals surface area contributed by atoms with Crippen molar-refractivity contribution in [2.24, 2.45) is 0 Å². The first-order valence-electron chi connectivity index (χ1n) is 8.57. The topological polar surface area (TPSA) is 81.7 Å². The van der Waals surface area contributed by atoms with Crippen LogP contribution in [0.1, 0.15) is 34.0 Å². The van der Waals surface area contributed by atoms with E-state index in [0.717, 1.165) is 16.7 Å². The van der Waals surface area contributed by atoms with Gasteiger partial charge >= 0.3 is 5.97 Å². The third kappa shape index (κ3) is 5.41. The number of carbonyl (C=O) groups is 3. The molecule has 142 valence electrons. The summed E-state index contributed by atoms with van der Waals surface area (Å²) in [5.74, 6) is -0.838. The van der Waals surface area contributed by atoms with E-state index in [1.54, 1.807) is 24.3 Å². The van der Waals surface area contributed by atoms with Crippen LogP contribution in [-0.2, 0) is 14.3 Å². The van der Waals surface area contributed by atoms with Gasteiger partial charge < -0.3 is 14.8 Å². The lowest BCUT2D eigenvalue weighted by molar-refractivity contribution is -0.155. The van der Waals surface area contributed by atoms with Crippen LogP contribution in [0.3, 0.4) is 0 Å². The molecule has 0 bridgehead atoms. The first-order chi connectivity index (χ1) is 12.8. The molecule has 27 heavy (non-hydrogen) atoms. The Labute approximate surface area is 158 Å². The number of hydrogen-bond acceptors (Lipinski definition) is 5. The maximum Gasteiger partial charge on any atom is 0.344 e. The third-order valence-electron chi connectivity index (χ3n) is 3.99. The molecule has 2 aromatic carbocycles. The van der Waals surface area contributed by atoms with Gasteiger partial charge in [0.05, 0.1) is 5.56 Å². The number of carbonyl (C=O) groups excluding carboxylic acids is 3. The van der Waals surface area contributed by atoms with Crippen molar-refractivity contribution in [3.63, 3.8) is 0 Å². The zero-order valence-electron chi connectivity index (χ0n) is 15.9. The molecule has 0 heterocycles. The molecule has 0 saturated heterocycles. The van der Waals surface area contributed by atoms with Crippen molar-refractivity contribution in [3.05, 3.63) is 58.7 Å². The summed E-state index contributed by atoms with van der Waals surface area (Å²) >= 11 is 0. The Bertz CT molecular complexity index is 836. The molecular formula is C21H23NO5. The highest BCUT2D eigenvalue weighted by Gasteiger charge is 2.20. The first kappa shape index (κ1) is 20.2. The summed E-state index contributed by atoms with van der Waals surface area (Å²) in [7, 11) is 0. The predicted molar refractivity (Wildman–Crippen MR) is 102 cm³/mol. The smallest absolute Gasteiger partial charge is 0.344 e. The van der Waals surface area contributed by atoms with E-state index in [-0.39, 0.29) is 5.75 Å². The monoisotopic (exact) mass is 369 g/mol. The zero-order chi connectivity index (χ0) is 20.0. The molecule has 1 amide bonds. The van der Waals surface area contributed by atoms with Crippen molar-refractivity contribution < 1.29 is 23.9 Å². The van der Waals surface area contributed by atoms with Gasteiger partial charge in [-0.05, 0) is 51.0 Å². The van der Waals surface area contributed by atoms with E-state index in [4.69, 9.17) is 9.47 Å². The molecule has 0 fully saturated rings. The molecule has 1 atom stereocenters. The normalized spacial score (nSPS) is 11.4. The molecule has 0 aliphatic rings. The predicted octanol–water partition coefficient (Wildman–Crippen LogP) is 3.37. The number of aldehydes is 1. The van der Waals surface area contributed by atoms with Gasteiger partial charge in [-0.2, -0.15) is 0 Å². The lowest BCUT2D eigenvalue weighted by Gasteiger charge is -2.17. The van der Waals surface area contributed by atoms with Gasteiger partial charge in [0.2, 0.25) is 0 Å². The van der Waals surface area contributed by atoms with Crippen LogP contribution >= 0.6 is 0 Å². The second-order valence-corrected chi connectivity index (χ2v) is 6.34. The fourth-order valence-corrected chi connectivity index (χ4v) is 2.73. The number of hydrogen-bond donors (Lipinski definition) is 1. The minimum Gasteiger partial charge on any atom is -0.481 e. The van der Waals surface area contributed by atoms with Gasteiger partial charge in [0.25, 0.3) is 5.91 Å². The van der Waals surface area contributed by atoms with Crippen LogP contribution in [0.25, 0.3) is 0 Å². The van der Waals surface area contributed by atoms with E-state index in [0.29, 0.717) is 17.5 Å². The number of nitrogens with one attached hydrogen (secondary N) is 1. The SMILES string of the molecule is Cc1cc(C)c(NC(=O)[C@H](C)OC(=O)COc2ccccc2C=O)c(C)c1. The Hall–Kier alpha value is -3.15. The van der Waals surface area contributed by atoms with E-state index >= 15 is 0 Å². The minimum absolute atomic E-state index is 0.285. The van der Waals surface area contributed by atoms with Crippen LogP contribution in [0.15, 0.2) is 36.4 Å². The molecule has 0 radical (unpaired) electrons. The van der Waals surface area contributed by atoms with E-state index in [9.17, 15) is 14.4 Å². The third-order valence-corrected chi connectivity index (χ3v) is 3.99. The van der Waals surface area contributed by atoms with Crippen LogP contribution in [0.2, 0.25) is 0 Å². The molecule has 0 saturated carbocycles. The maximum atomic E-state index is 12.3. The summed E-state index contributed by atoms with van der Waals surface area (Å²) in [6.45, 7) is 6.89.